The highest BCUT2D eigenvalue weighted by Gasteiger charge is 2.34. The van der Waals surface area contributed by atoms with Gasteiger partial charge in [-0.3, -0.25) is 14.9 Å². The van der Waals surface area contributed by atoms with E-state index in [2.05, 4.69) is 15.5 Å². The molecule has 1 aromatic carbocycles. The Morgan fingerprint density at radius 1 is 1.38 bits per heavy atom. The van der Waals surface area contributed by atoms with Crippen LogP contribution in [0.25, 0.3) is 0 Å². The third kappa shape index (κ3) is 3.77. The predicted molar refractivity (Wildman–Crippen MR) is 89.5 cm³/mol. The van der Waals surface area contributed by atoms with Crippen molar-refractivity contribution in [1.29, 1.82) is 0 Å². The van der Waals surface area contributed by atoms with Gasteiger partial charge in [0.05, 0.1) is 6.61 Å². The van der Waals surface area contributed by atoms with Crippen LogP contribution in [0.2, 0.25) is 0 Å². The lowest BCUT2D eigenvalue weighted by molar-refractivity contribution is -0.154. The normalized spacial score (nSPS) is 17.8. The zero-order valence-electron chi connectivity index (χ0n) is 13.3. The topological polar surface area (TPSA) is 84.4 Å². The highest BCUT2D eigenvalue weighted by atomic mass is 32.1. The molecular formula is C16H18N4O3S. The van der Waals surface area contributed by atoms with Gasteiger partial charge in [-0.25, -0.2) is 0 Å². The highest BCUT2D eigenvalue weighted by Crippen LogP contribution is 2.18. The van der Waals surface area contributed by atoms with Crippen LogP contribution in [-0.2, 0) is 27.3 Å². The van der Waals surface area contributed by atoms with Gasteiger partial charge in [0.1, 0.15) is 17.7 Å². The van der Waals surface area contributed by atoms with Gasteiger partial charge in [-0.15, -0.1) is 10.2 Å². The van der Waals surface area contributed by atoms with E-state index in [4.69, 9.17) is 4.74 Å². The minimum Gasteiger partial charge on any atom is -0.369 e. The Kier molecular flexibility index (Phi) is 5.17. The van der Waals surface area contributed by atoms with Crippen LogP contribution in [0.15, 0.2) is 30.3 Å². The van der Waals surface area contributed by atoms with Crippen LogP contribution >= 0.6 is 11.3 Å². The van der Waals surface area contributed by atoms with Gasteiger partial charge >= 0.3 is 0 Å². The minimum atomic E-state index is -0.680. The molecule has 24 heavy (non-hydrogen) atoms. The molecule has 8 heteroatoms. The molecule has 1 aromatic heterocycles. The second-order valence-electron chi connectivity index (χ2n) is 5.38. The van der Waals surface area contributed by atoms with Gasteiger partial charge in [-0.1, -0.05) is 48.6 Å². The number of carbonyl (C=O) groups is 2. The van der Waals surface area contributed by atoms with Crippen molar-refractivity contribution in [2.75, 3.05) is 18.5 Å². The molecule has 1 saturated heterocycles. The monoisotopic (exact) mass is 346 g/mol. The molecule has 7 nitrogen and oxygen atoms in total. The maximum Gasteiger partial charge on any atom is 0.251 e. The summed E-state index contributed by atoms with van der Waals surface area (Å²) in [6, 6.07) is 8.90. The first-order valence-electron chi connectivity index (χ1n) is 7.71. The van der Waals surface area contributed by atoms with Crippen molar-refractivity contribution < 1.29 is 14.3 Å². The first kappa shape index (κ1) is 16.5. The number of anilines is 1. The fourth-order valence-corrected chi connectivity index (χ4v) is 3.12. The van der Waals surface area contributed by atoms with E-state index in [0.717, 1.165) is 17.0 Å². The summed E-state index contributed by atoms with van der Waals surface area (Å²) in [5.41, 5.74) is 0.967. The van der Waals surface area contributed by atoms with E-state index in [0.29, 0.717) is 11.7 Å². The lowest BCUT2D eigenvalue weighted by Crippen LogP contribution is -2.54. The second-order valence-corrected chi connectivity index (χ2v) is 6.44. The number of rotatable bonds is 5. The molecule has 2 aromatic rings. The van der Waals surface area contributed by atoms with Crippen molar-refractivity contribution >= 4 is 28.3 Å². The van der Waals surface area contributed by atoms with E-state index in [1.807, 2.05) is 37.3 Å². The fraction of sp³-hybridized carbons (Fsp3) is 0.375. The molecule has 1 N–H and O–H groups in total. The van der Waals surface area contributed by atoms with E-state index < -0.39 is 6.04 Å². The number of morpholine rings is 1. The molecule has 0 aliphatic carbocycles. The molecule has 2 amide bonds. The van der Waals surface area contributed by atoms with E-state index in [1.54, 1.807) is 4.90 Å². The molecule has 1 fully saturated rings. The summed E-state index contributed by atoms with van der Waals surface area (Å²) in [7, 11) is 0. The van der Waals surface area contributed by atoms with Gasteiger partial charge in [0, 0.05) is 6.54 Å². The maximum absolute atomic E-state index is 12.6. The first-order valence-corrected chi connectivity index (χ1v) is 8.53. The molecule has 0 saturated carbocycles. The average molecular weight is 346 g/mol. The van der Waals surface area contributed by atoms with Gasteiger partial charge in [0.15, 0.2) is 0 Å². The Hall–Kier alpha value is -2.32. The second kappa shape index (κ2) is 7.50. The average Bonchev–Trinajstić information content (AvgIpc) is 3.05. The fourth-order valence-electron chi connectivity index (χ4n) is 2.44. The third-order valence-corrected chi connectivity index (χ3v) is 4.68. The zero-order valence-corrected chi connectivity index (χ0v) is 14.1. The summed E-state index contributed by atoms with van der Waals surface area (Å²) in [5, 5.41) is 11.9. The SMILES string of the molecule is CCc1nnc(NC(=O)[C@@H]2COCC(=O)N2Cc2ccccc2)s1. The van der Waals surface area contributed by atoms with Crippen LogP contribution in [0, 0.1) is 0 Å². The number of hydrogen-bond donors (Lipinski definition) is 1. The summed E-state index contributed by atoms with van der Waals surface area (Å²) in [5.74, 6) is -0.505. The Labute approximate surface area is 143 Å². The summed E-state index contributed by atoms with van der Waals surface area (Å²) in [6.07, 6.45) is 0.763. The maximum atomic E-state index is 12.6. The standard InChI is InChI=1S/C16H18N4O3S/c1-2-13-18-19-16(24-13)17-15(22)12-9-23-10-14(21)20(12)8-11-6-4-3-5-7-11/h3-7,12H,2,8-10H2,1H3,(H,17,19,22)/t12-/m0/s1. The van der Waals surface area contributed by atoms with Crippen LogP contribution in [0.4, 0.5) is 5.13 Å². The van der Waals surface area contributed by atoms with Gasteiger partial charge in [-0.05, 0) is 12.0 Å². The van der Waals surface area contributed by atoms with Crippen molar-refractivity contribution in [3.8, 4) is 0 Å². The molecule has 1 aliphatic rings. The predicted octanol–water partition coefficient (Wildman–Crippen LogP) is 1.47. The van der Waals surface area contributed by atoms with Crippen LogP contribution in [0.3, 0.4) is 0 Å². The van der Waals surface area contributed by atoms with E-state index in [-0.39, 0.29) is 25.0 Å². The molecule has 0 bridgehead atoms. The number of hydrogen-bond acceptors (Lipinski definition) is 6. The van der Waals surface area contributed by atoms with Crippen LogP contribution in [0.1, 0.15) is 17.5 Å². The first-order chi connectivity index (χ1) is 11.7. The Balaban J connectivity index is 1.72. The summed E-state index contributed by atoms with van der Waals surface area (Å²) in [6.45, 7) is 2.51. The lowest BCUT2D eigenvalue weighted by Gasteiger charge is -2.34. The Morgan fingerprint density at radius 2 is 2.17 bits per heavy atom. The molecule has 0 radical (unpaired) electrons. The summed E-state index contributed by atoms with van der Waals surface area (Å²) in [4.78, 5) is 26.3. The number of carbonyl (C=O) groups excluding carboxylic acids is 2. The summed E-state index contributed by atoms with van der Waals surface area (Å²) < 4.78 is 5.26. The van der Waals surface area contributed by atoms with Crippen molar-refractivity contribution in [2.45, 2.75) is 25.9 Å². The van der Waals surface area contributed by atoms with Crippen LogP contribution in [-0.4, -0.2) is 46.2 Å². The van der Waals surface area contributed by atoms with Crippen LogP contribution < -0.4 is 5.32 Å². The van der Waals surface area contributed by atoms with E-state index in [1.165, 1.54) is 11.3 Å². The molecule has 2 heterocycles. The molecular weight excluding hydrogens is 328 g/mol. The van der Waals surface area contributed by atoms with Gasteiger partial charge < -0.3 is 9.64 Å². The smallest absolute Gasteiger partial charge is 0.251 e. The van der Waals surface area contributed by atoms with Gasteiger partial charge in [0.2, 0.25) is 11.0 Å². The Bertz CT molecular complexity index is 719. The highest BCUT2D eigenvalue weighted by molar-refractivity contribution is 7.15. The third-order valence-electron chi connectivity index (χ3n) is 3.70. The lowest BCUT2D eigenvalue weighted by atomic mass is 10.1. The summed E-state index contributed by atoms with van der Waals surface area (Å²) >= 11 is 1.33. The molecule has 1 atom stereocenters. The van der Waals surface area contributed by atoms with E-state index in [9.17, 15) is 9.59 Å². The number of aromatic nitrogens is 2. The van der Waals surface area contributed by atoms with Crippen molar-refractivity contribution in [3.05, 3.63) is 40.9 Å². The Morgan fingerprint density at radius 3 is 2.88 bits per heavy atom. The number of nitrogens with zero attached hydrogens (tertiary/aromatic N) is 3. The molecule has 1 aliphatic heterocycles. The number of ether oxygens (including phenoxy) is 1. The number of aryl methyl sites for hydroxylation is 1. The number of benzene rings is 1. The van der Waals surface area contributed by atoms with Crippen LogP contribution in [0.5, 0.6) is 0 Å². The zero-order chi connectivity index (χ0) is 16.9. The van der Waals surface area contributed by atoms with Crippen molar-refractivity contribution in [1.82, 2.24) is 15.1 Å². The number of nitrogens with one attached hydrogen (secondary N) is 1. The van der Waals surface area contributed by atoms with Crippen molar-refractivity contribution in [2.24, 2.45) is 0 Å². The molecule has 0 spiro atoms. The largest absolute Gasteiger partial charge is 0.369 e. The molecule has 0 unspecified atom stereocenters. The number of amides is 2. The van der Waals surface area contributed by atoms with Gasteiger partial charge in [-0.2, -0.15) is 0 Å². The molecule has 3 rings (SSSR count). The van der Waals surface area contributed by atoms with Gasteiger partial charge in [0.25, 0.3) is 5.91 Å². The quantitative estimate of drug-likeness (QED) is 0.886. The minimum absolute atomic E-state index is 0.00456. The van der Waals surface area contributed by atoms with Crippen molar-refractivity contribution in [3.63, 3.8) is 0 Å². The molecule has 126 valence electrons. The van der Waals surface area contributed by atoms with E-state index >= 15 is 0 Å².